The van der Waals surface area contributed by atoms with E-state index in [9.17, 15) is 0 Å². The number of rotatable bonds is 2. The summed E-state index contributed by atoms with van der Waals surface area (Å²) in [5, 5.41) is 1.02. The number of thiol groups is 1. The highest BCUT2D eigenvalue weighted by atomic mass is 33.1. The van der Waals surface area contributed by atoms with Gasteiger partial charge in [-0.15, -0.1) is 11.7 Å². The van der Waals surface area contributed by atoms with Gasteiger partial charge in [0.15, 0.2) is 0 Å². The monoisotopic (exact) mass is 192 g/mol. The fraction of sp³-hybridized carbons (Fsp3) is 0.600. The first kappa shape index (κ1) is 8.36. The molecule has 2 nitrogen and oxygen atoms in total. The molecular weight excluding hydrogens is 184 g/mol. The zero-order chi connectivity index (χ0) is 7.61. The predicted molar refractivity (Wildman–Crippen MR) is 49.5 cm³/mol. The molecule has 0 unspecified atom stereocenters. The highest BCUT2D eigenvalue weighted by Gasteiger charge is 2.22. The van der Waals surface area contributed by atoms with E-state index in [4.69, 9.17) is 0 Å². The van der Waals surface area contributed by atoms with Crippen LogP contribution in [0.1, 0.15) is 18.9 Å². The lowest BCUT2D eigenvalue weighted by molar-refractivity contribution is 0.778. The molecule has 1 rings (SSSR count). The van der Waals surface area contributed by atoms with Gasteiger partial charge in [-0.05, 0) is 25.4 Å². The molecule has 0 amide bonds. The van der Waals surface area contributed by atoms with E-state index in [-0.39, 0.29) is 4.75 Å². The summed E-state index contributed by atoms with van der Waals surface area (Å²) in [5.41, 5.74) is 0. The van der Waals surface area contributed by atoms with Gasteiger partial charge in [0.2, 0.25) is 0 Å². The van der Waals surface area contributed by atoms with Gasteiger partial charge in [0, 0.05) is 0 Å². The number of aromatic nitrogens is 2. The highest BCUT2D eigenvalue weighted by Crippen LogP contribution is 2.37. The van der Waals surface area contributed by atoms with Gasteiger partial charge in [-0.1, -0.05) is 10.8 Å². The zero-order valence-corrected chi connectivity index (χ0v) is 8.26. The molecule has 0 saturated heterocycles. The molecule has 0 atom stereocenters. The molecule has 56 valence electrons. The average molecular weight is 192 g/mol. The van der Waals surface area contributed by atoms with E-state index in [1.165, 1.54) is 22.3 Å². The van der Waals surface area contributed by atoms with Crippen molar-refractivity contribution in [2.24, 2.45) is 0 Å². The smallest absolute Gasteiger partial charge is 0.130 e. The van der Waals surface area contributed by atoms with Crippen LogP contribution in [0.15, 0.2) is 6.33 Å². The largest absolute Gasteiger partial charge is 0.226 e. The summed E-state index contributed by atoms with van der Waals surface area (Å²) in [4.78, 5) is 4.10. The van der Waals surface area contributed by atoms with Crippen LogP contribution in [0.25, 0.3) is 0 Å². The van der Waals surface area contributed by atoms with Crippen molar-refractivity contribution in [1.29, 1.82) is 0 Å². The molecule has 0 fully saturated rings. The Kier molecular flexibility index (Phi) is 2.60. The van der Waals surface area contributed by atoms with Crippen LogP contribution < -0.4 is 0 Å². The van der Waals surface area contributed by atoms with E-state index in [1.54, 1.807) is 6.33 Å². The maximum atomic E-state index is 4.14. The quantitative estimate of drug-likeness (QED) is 0.575. The molecule has 0 aliphatic heterocycles. The fourth-order valence-corrected chi connectivity index (χ4v) is 1.80. The molecule has 0 bridgehead atoms. The average Bonchev–Trinajstić information content (AvgIpc) is 2.38. The minimum Gasteiger partial charge on any atom is -0.226 e. The lowest BCUT2D eigenvalue weighted by atomic mass is 10.2. The molecule has 0 aromatic carbocycles. The maximum Gasteiger partial charge on any atom is 0.130 e. The van der Waals surface area contributed by atoms with Crippen molar-refractivity contribution in [2.45, 2.75) is 18.6 Å². The van der Waals surface area contributed by atoms with Crippen LogP contribution in [-0.2, 0) is 4.75 Å². The number of hydrogen-bond donors (Lipinski definition) is 1. The van der Waals surface area contributed by atoms with Crippen LogP contribution in [0.2, 0.25) is 0 Å². The number of nitrogens with zero attached hydrogens (tertiary/aromatic N) is 2. The van der Waals surface area contributed by atoms with Gasteiger partial charge >= 0.3 is 0 Å². The topological polar surface area (TPSA) is 25.8 Å². The van der Waals surface area contributed by atoms with Gasteiger partial charge in [0.1, 0.15) is 11.3 Å². The Morgan fingerprint density at radius 2 is 2.40 bits per heavy atom. The SMILES string of the molecule is CC(C)(SS)c1ncns1. The lowest BCUT2D eigenvalue weighted by Gasteiger charge is -2.15. The zero-order valence-electron chi connectivity index (χ0n) is 5.74. The third kappa shape index (κ3) is 1.65. The fourth-order valence-electron chi connectivity index (χ4n) is 0.477. The normalized spacial score (nSPS) is 11.9. The van der Waals surface area contributed by atoms with Gasteiger partial charge in [-0.2, -0.15) is 4.37 Å². The Labute approximate surface area is 73.4 Å². The first-order chi connectivity index (χ1) is 4.67. The lowest BCUT2D eigenvalue weighted by Crippen LogP contribution is -2.08. The van der Waals surface area contributed by atoms with Gasteiger partial charge in [-0.25, -0.2) is 4.98 Å². The molecule has 0 aliphatic carbocycles. The van der Waals surface area contributed by atoms with E-state index in [2.05, 4.69) is 34.9 Å². The van der Waals surface area contributed by atoms with Gasteiger partial charge in [0.05, 0.1) is 4.75 Å². The summed E-state index contributed by atoms with van der Waals surface area (Å²) in [6.45, 7) is 4.15. The summed E-state index contributed by atoms with van der Waals surface area (Å²) >= 11 is 5.57. The van der Waals surface area contributed by atoms with E-state index in [0.717, 1.165) is 5.01 Å². The van der Waals surface area contributed by atoms with Crippen LogP contribution in [0.5, 0.6) is 0 Å². The van der Waals surface area contributed by atoms with Gasteiger partial charge < -0.3 is 0 Å². The van der Waals surface area contributed by atoms with E-state index < -0.39 is 0 Å². The van der Waals surface area contributed by atoms with Crippen molar-refractivity contribution in [3.8, 4) is 0 Å². The molecule has 1 heterocycles. The Bertz CT molecular complexity index is 195. The molecule has 5 heteroatoms. The van der Waals surface area contributed by atoms with Crippen LogP contribution in [-0.4, -0.2) is 9.36 Å². The van der Waals surface area contributed by atoms with Crippen LogP contribution in [0.3, 0.4) is 0 Å². The van der Waals surface area contributed by atoms with Gasteiger partial charge in [0.25, 0.3) is 0 Å². The summed E-state index contributed by atoms with van der Waals surface area (Å²) in [6.07, 6.45) is 1.58. The molecular formula is C5H8N2S3. The minimum absolute atomic E-state index is 0.00965. The molecule has 1 aromatic rings. The van der Waals surface area contributed by atoms with Crippen LogP contribution in [0, 0.1) is 0 Å². The first-order valence-electron chi connectivity index (χ1n) is 2.76. The maximum absolute atomic E-state index is 4.14. The second-order valence-electron chi connectivity index (χ2n) is 2.35. The third-order valence-corrected chi connectivity index (χ3v) is 4.24. The van der Waals surface area contributed by atoms with Crippen molar-refractivity contribution in [1.82, 2.24) is 9.36 Å². The molecule has 0 saturated carbocycles. The summed E-state index contributed by atoms with van der Waals surface area (Å²) < 4.78 is 3.91. The second kappa shape index (κ2) is 3.11. The minimum atomic E-state index is -0.00965. The summed E-state index contributed by atoms with van der Waals surface area (Å²) in [5.74, 6) is 0. The van der Waals surface area contributed by atoms with Crippen molar-refractivity contribution in [2.75, 3.05) is 0 Å². The summed E-state index contributed by atoms with van der Waals surface area (Å²) in [6, 6.07) is 0. The van der Waals surface area contributed by atoms with Crippen molar-refractivity contribution < 1.29 is 0 Å². The first-order valence-corrected chi connectivity index (χ1v) is 5.41. The van der Waals surface area contributed by atoms with Crippen LogP contribution in [0.4, 0.5) is 0 Å². The van der Waals surface area contributed by atoms with E-state index >= 15 is 0 Å². The highest BCUT2D eigenvalue weighted by molar-refractivity contribution is 8.69. The second-order valence-corrected chi connectivity index (χ2v) is 4.88. The number of hydrogen-bond acceptors (Lipinski definition) is 5. The van der Waals surface area contributed by atoms with Crippen molar-refractivity contribution in [3.63, 3.8) is 0 Å². The summed E-state index contributed by atoms with van der Waals surface area (Å²) in [7, 11) is 1.49. The van der Waals surface area contributed by atoms with Crippen LogP contribution >= 0.6 is 34.0 Å². The predicted octanol–water partition coefficient (Wildman–Crippen LogP) is 2.35. The van der Waals surface area contributed by atoms with Gasteiger partial charge in [-0.3, -0.25) is 0 Å². The molecule has 0 N–H and O–H groups in total. The third-order valence-electron chi connectivity index (χ3n) is 1.10. The standard InChI is InChI=1S/C5H8N2S3/c1-5(2,10-8)4-6-3-7-9-4/h3,8H,1-2H3. The molecule has 0 aliphatic rings. The Hall–Kier alpha value is 0.260. The Balaban J connectivity index is 2.85. The van der Waals surface area contributed by atoms with E-state index in [1.807, 2.05) is 0 Å². The molecule has 0 spiro atoms. The van der Waals surface area contributed by atoms with Crippen molar-refractivity contribution >= 4 is 34.0 Å². The Morgan fingerprint density at radius 3 is 2.80 bits per heavy atom. The molecule has 10 heavy (non-hydrogen) atoms. The molecule has 0 radical (unpaired) electrons. The Morgan fingerprint density at radius 1 is 1.70 bits per heavy atom. The molecule has 1 aromatic heterocycles. The van der Waals surface area contributed by atoms with E-state index in [0.29, 0.717) is 0 Å². The van der Waals surface area contributed by atoms with Crippen molar-refractivity contribution in [3.05, 3.63) is 11.3 Å².